The van der Waals surface area contributed by atoms with Gasteiger partial charge in [-0.25, -0.2) is 4.98 Å². The molecule has 0 spiro atoms. The Hall–Kier alpha value is -3.70. The molecule has 3 amide bonds. The monoisotopic (exact) mass is 516 g/mol. The van der Waals surface area contributed by atoms with E-state index in [2.05, 4.69) is 31.2 Å². The first-order valence-electron chi connectivity index (χ1n) is 11.3. The van der Waals surface area contributed by atoms with Gasteiger partial charge < -0.3 is 30.7 Å². The molecule has 1 saturated heterocycles. The molecule has 0 atom stereocenters. The van der Waals surface area contributed by atoms with Crippen LogP contribution in [0.15, 0.2) is 36.5 Å². The van der Waals surface area contributed by atoms with E-state index < -0.39 is 11.4 Å². The number of nitrogens with one attached hydrogen (secondary N) is 4. The largest absolute Gasteiger partial charge is 0.480 e. The highest BCUT2D eigenvalue weighted by Crippen LogP contribution is 2.20. The van der Waals surface area contributed by atoms with Gasteiger partial charge in [-0.3, -0.25) is 14.4 Å². The van der Waals surface area contributed by atoms with Crippen LogP contribution in [0.25, 0.3) is 6.08 Å². The molecule has 4 N–H and O–H groups in total. The number of methoxy groups -OCH3 is 2. The minimum atomic E-state index is -1.08. The number of ether oxygens (including phenoxy) is 2. The zero-order valence-electron chi connectivity index (χ0n) is 20.1. The van der Waals surface area contributed by atoms with Gasteiger partial charge in [0.1, 0.15) is 5.54 Å². The number of nitrogens with zero attached hydrogens (tertiary/aromatic N) is 2. The fraction of sp³-hybridized carbons (Fsp3) is 0.375. The third-order valence-electron chi connectivity index (χ3n) is 5.61. The van der Waals surface area contributed by atoms with Crippen LogP contribution in [0.1, 0.15) is 28.8 Å². The van der Waals surface area contributed by atoms with Gasteiger partial charge in [0.05, 0.1) is 19.8 Å². The molecule has 2 heterocycles. The lowest BCUT2D eigenvalue weighted by atomic mass is 9.87. The Labute approximate surface area is 214 Å². The summed E-state index contributed by atoms with van der Waals surface area (Å²) in [5, 5.41) is 12.2. The minimum absolute atomic E-state index is 0.142. The lowest BCUT2D eigenvalue weighted by molar-refractivity contribution is -0.133. The van der Waals surface area contributed by atoms with Crippen LogP contribution in [0, 0.1) is 0 Å². The van der Waals surface area contributed by atoms with Crippen molar-refractivity contribution in [3.63, 3.8) is 0 Å². The minimum Gasteiger partial charge on any atom is -0.480 e. The Morgan fingerprint density at radius 3 is 2.44 bits per heavy atom. The van der Waals surface area contributed by atoms with E-state index in [1.54, 1.807) is 24.3 Å². The van der Waals surface area contributed by atoms with Crippen molar-refractivity contribution in [2.75, 3.05) is 40.4 Å². The van der Waals surface area contributed by atoms with E-state index in [1.165, 1.54) is 32.6 Å². The van der Waals surface area contributed by atoms with E-state index in [0.717, 1.165) is 0 Å². The van der Waals surface area contributed by atoms with Gasteiger partial charge >= 0.3 is 6.01 Å². The molecule has 1 aliphatic rings. The van der Waals surface area contributed by atoms with Crippen molar-refractivity contribution in [2.45, 2.75) is 18.4 Å². The van der Waals surface area contributed by atoms with Crippen LogP contribution in [-0.2, 0) is 9.59 Å². The molecule has 12 heteroatoms. The Bertz CT molecular complexity index is 1100. The van der Waals surface area contributed by atoms with Gasteiger partial charge in [-0.05, 0) is 56.3 Å². The number of hydrogen-bond acceptors (Lipinski definition) is 8. The molecule has 2 aromatic rings. The van der Waals surface area contributed by atoms with E-state index in [-0.39, 0.29) is 36.8 Å². The van der Waals surface area contributed by atoms with Crippen LogP contribution in [-0.4, -0.2) is 73.6 Å². The lowest BCUT2D eigenvalue weighted by Crippen LogP contribution is -2.63. The first kappa shape index (κ1) is 26.9. The summed E-state index contributed by atoms with van der Waals surface area (Å²) in [7, 11) is 2.89. The highest BCUT2D eigenvalue weighted by atomic mass is 35.5. The van der Waals surface area contributed by atoms with Crippen LogP contribution in [0.2, 0.25) is 5.02 Å². The predicted octanol–water partition coefficient (Wildman–Crippen LogP) is 0.945. The average Bonchev–Trinajstić information content (AvgIpc) is 2.90. The maximum absolute atomic E-state index is 13.1. The quantitative estimate of drug-likeness (QED) is 0.270. The first-order chi connectivity index (χ1) is 17.4. The molecule has 0 aliphatic carbocycles. The van der Waals surface area contributed by atoms with Crippen molar-refractivity contribution in [3.8, 4) is 11.9 Å². The van der Waals surface area contributed by atoms with Gasteiger partial charge in [-0.15, -0.1) is 0 Å². The molecule has 3 rings (SSSR count). The molecule has 1 fully saturated rings. The van der Waals surface area contributed by atoms with Crippen LogP contribution < -0.4 is 30.7 Å². The molecule has 192 valence electrons. The van der Waals surface area contributed by atoms with E-state index in [9.17, 15) is 14.4 Å². The van der Waals surface area contributed by atoms with Crippen LogP contribution in [0.5, 0.6) is 11.9 Å². The van der Waals surface area contributed by atoms with Crippen molar-refractivity contribution in [1.29, 1.82) is 0 Å². The summed E-state index contributed by atoms with van der Waals surface area (Å²) in [6.07, 6.45) is 5.12. The fourth-order valence-electron chi connectivity index (χ4n) is 3.67. The maximum Gasteiger partial charge on any atom is 0.319 e. The van der Waals surface area contributed by atoms with Crippen molar-refractivity contribution < 1.29 is 23.9 Å². The third-order valence-corrected chi connectivity index (χ3v) is 5.86. The summed E-state index contributed by atoms with van der Waals surface area (Å²) in [6, 6.07) is 6.65. The van der Waals surface area contributed by atoms with Crippen LogP contribution in [0.4, 0.5) is 0 Å². The molecule has 36 heavy (non-hydrogen) atoms. The molecule has 0 bridgehead atoms. The molecule has 0 radical (unpaired) electrons. The number of carbonyl (C=O) groups excluding carboxylic acids is 3. The van der Waals surface area contributed by atoms with Crippen LogP contribution >= 0.6 is 11.6 Å². The lowest BCUT2D eigenvalue weighted by Gasteiger charge is -2.36. The predicted molar refractivity (Wildman–Crippen MR) is 134 cm³/mol. The molecular weight excluding hydrogens is 488 g/mol. The third kappa shape index (κ3) is 7.15. The maximum atomic E-state index is 13.1. The van der Waals surface area contributed by atoms with E-state index in [1.807, 2.05) is 0 Å². The summed E-state index contributed by atoms with van der Waals surface area (Å²) in [5.41, 5.74) is -0.125. The molecule has 1 aromatic heterocycles. The zero-order chi connectivity index (χ0) is 26.0. The second kappa shape index (κ2) is 12.8. The van der Waals surface area contributed by atoms with Gasteiger partial charge in [0.15, 0.2) is 0 Å². The number of benzene rings is 1. The smallest absolute Gasteiger partial charge is 0.319 e. The highest BCUT2D eigenvalue weighted by molar-refractivity contribution is 6.30. The standard InChI is InChI=1S/C24H29ClN6O5/c1-35-21-17(15-29-23(30-21)36-2)5-8-19(32)31-24(9-11-26-12-10-24)22(34)28-14-13-27-20(33)16-3-6-18(25)7-4-16/h3-8,15,26H,9-14H2,1-2H3,(H,27,33)(H,28,34)(H,31,32)/b8-5+. The van der Waals surface area contributed by atoms with Crippen molar-refractivity contribution in [1.82, 2.24) is 31.2 Å². The summed E-state index contributed by atoms with van der Waals surface area (Å²) in [5.74, 6) is -0.771. The summed E-state index contributed by atoms with van der Waals surface area (Å²) < 4.78 is 10.2. The summed E-state index contributed by atoms with van der Waals surface area (Å²) >= 11 is 5.84. The number of aromatic nitrogens is 2. The Morgan fingerprint density at radius 1 is 1.08 bits per heavy atom. The fourth-order valence-corrected chi connectivity index (χ4v) is 3.79. The second-order valence-corrected chi connectivity index (χ2v) is 8.43. The Kier molecular flexibility index (Phi) is 9.60. The van der Waals surface area contributed by atoms with E-state index >= 15 is 0 Å². The second-order valence-electron chi connectivity index (χ2n) is 7.99. The zero-order valence-corrected chi connectivity index (χ0v) is 20.9. The molecule has 1 aliphatic heterocycles. The summed E-state index contributed by atoms with van der Waals surface area (Å²) in [4.78, 5) is 46.1. The Balaban J connectivity index is 1.57. The Morgan fingerprint density at radius 2 is 1.78 bits per heavy atom. The van der Waals surface area contributed by atoms with Gasteiger partial charge in [0.25, 0.3) is 5.91 Å². The van der Waals surface area contributed by atoms with Gasteiger partial charge in [0.2, 0.25) is 17.7 Å². The van der Waals surface area contributed by atoms with Crippen LogP contribution in [0.3, 0.4) is 0 Å². The van der Waals surface area contributed by atoms with Gasteiger partial charge in [0, 0.05) is 35.9 Å². The average molecular weight is 517 g/mol. The summed E-state index contributed by atoms with van der Waals surface area (Å²) in [6.45, 7) is 1.59. The van der Waals surface area contributed by atoms with Gasteiger partial charge in [-0.2, -0.15) is 4.98 Å². The van der Waals surface area contributed by atoms with E-state index in [4.69, 9.17) is 21.1 Å². The van der Waals surface area contributed by atoms with E-state index in [0.29, 0.717) is 42.1 Å². The highest BCUT2D eigenvalue weighted by Gasteiger charge is 2.40. The molecule has 0 saturated carbocycles. The van der Waals surface area contributed by atoms with Crippen molar-refractivity contribution in [3.05, 3.63) is 52.7 Å². The SMILES string of the molecule is COc1ncc(/C=C/C(=O)NC2(C(=O)NCCNC(=O)c3ccc(Cl)cc3)CCNCC2)c(OC)n1. The number of piperidine rings is 1. The molecule has 0 unspecified atom stereocenters. The normalized spacial score (nSPS) is 14.6. The molecule has 1 aromatic carbocycles. The number of halogens is 1. The topological polar surface area (TPSA) is 144 Å². The molecule has 11 nitrogen and oxygen atoms in total. The molecular formula is C24H29ClN6O5. The number of hydrogen-bond donors (Lipinski definition) is 4. The van der Waals surface area contributed by atoms with Crippen molar-refractivity contribution in [2.24, 2.45) is 0 Å². The number of amides is 3. The first-order valence-corrected chi connectivity index (χ1v) is 11.7. The number of carbonyl (C=O) groups is 3. The van der Waals surface area contributed by atoms with Crippen molar-refractivity contribution >= 4 is 35.4 Å². The number of rotatable bonds is 10. The van der Waals surface area contributed by atoms with Gasteiger partial charge in [-0.1, -0.05) is 11.6 Å².